The summed E-state index contributed by atoms with van der Waals surface area (Å²) < 4.78 is 0. The second-order valence-corrected chi connectivity index (χ2v) is 8.20. The van der Waals surface area contributed by atoms with E-state index in [1.165, 1.54) is 16.9 Å². The van der Waals surface area contributed by atoms with E-state index in [9.17, 15) is 19.2 Å². The number of carbonyl (C=O) groups is 4. The lowest BCUT2D eigenvalue weighted by Gasteiger charge is -2.27. The van der Waals surface area contributed by atoms with Crippen LogP contribution in [0.15, 0.2) is 41.8 Å². The molecular weight excluding hydrogens is 390 g/mol. The summed E-state index contributed by atoms with van der Waals surface area (Å²) in [6.07, 6.45) is 3.22. The quantitative estimate of drug-likeness (QED) is 0.584. The van der Waals surface area contributed by atoms with Gasteiger partial charge < -0.3 is 5.32 Å². The van der Waals surface area contributed by atoms with Crippen molar-refractivity contribution in [2.45, 2.75) is 31.7 Å². The van der Waals surface area contributed by atoms with Gasteiger partial charge in [0.25, 0.3) is 0 Å². The first-order valence-corrected chi connectivity index (χ1v) is 10.5. The van der Waals surface area contributed by atoms with Gasteiger partial charge in [-0.25, -0.2) is 9.69 Å². The molecule has 0 unspecified atom stereocenters. The molecule has 29 heavy (non-hydrogen) atoms. The molecule has 8 heteroatoms. The fraction of sp³-hybridized carbons (Fsp3) is 0.333. The van der Waals surface area contributed by atoms with Crippen molar-refractivity contribution in [2.75, 3.05) is 13.1 Å². The lowest BCUT2D eigenvalue weighted by molar-refractivity contribution is -0.144. The molecule has 2 aromatic rings. The van der Waals surface area contributed by atoms with Gasteiger partial charge in [-0.3, -0.25) is 19.3 Å². The van der Waals surface area contributed by atoms with Crippen molar-refractivity contribution in [2.24, 2.45) is 0 Å². The van der Waals surface area contributed by atoms with Crippen LogP contribution in [0.2, 0.25) is 0 Å². The van der Waals surface area contributed by atoms with Crippen molar-refractivity contribution in [3.8, 4) is 0 Å². The first-order valence-electron chi connectivity index (χ1n) is 9.61. The molecule has 1 N–H and O–H groups in total. The summed E-state index contributed by atoms with van der Waals surface area (Å²) >= 11 is 1.52. The average molecular weight is 411 g/mol. The molecule has 5 amide bonds. The number of rotatable bonds is 6. The zero-order chi connectivity index (χ0) is 20.4. The minimum atomic E-state index is -0.944. The summed E-state index contributed by atoms with van der Waals surface area (Å²) in [5, 5.41) is 4.82. The van der Waals surface area contributed by atoms with Gasteiger partial charge in [-0.15, -0.1) is 11.3 Å². The van der Waals surface area contributed by atoms with E-state index >= 15 is 0 Å². The highest BCUT2D eigenvalue weighted by molar-refractivity contribution is 7.09. The standard InChI is InChI=1S/C21H21N3O4S/c25-18(22-17-9-3-6-14-5-1-2-8-16(14)17)13-24-20(27)19(26)23(21(24)28)11-10-15-7-4-12-29-15/h1-2,4-5,7-8,12,17H,3,6,9-11,13H2,(H,22,25)/t17-/m1/s1. The number of nitrogens with zero attached hydrogens (tertiary/aromatic N) is 2. The minimum absolute atomic E-state index is 0.123. The summed E-state index contributed by atoms with van der Waals surface area (Å²) in [6.45, 7) is -0.324. The Labute approximate surface area is 172 Å². The lowest BCUT2D eigenvalue weighted by atomic mass is 9.88. The van der Waals surface area contributed by atoms with Crippen LogP contribution in [0.4, 0.5) is 4.79 Å². The zero-order valence-electron chi connectivity index (χ0n) is 15.8. The molecule has 0 radical (unpaired) electrons. The molecule has 0 spiro atoms. The predicted octanol–water partition coefficient (Wildman–Crippen LogP) is 2.28. The van der Waals surface area contributed by atoms with Gasteiger partial charge in [0.05, 0.1) is 6.04 Å². The number of hydrogen-bond donors (Lipinski definition) is 1. The topological polar surface area (TPSA) is 86.8 Å². The Morgan fingerprint density at radius 3 is 2.66 bits per heavy atom. The van der Waals surface area contributed by atoms with Gasteiger partial charge in [-0.2, -0.15) is 0 Å². The fourth-order valence-electron chi connectivity index (χ4n) is 3.85. The van der Waals surface area contributed by atoms with Crippen molar-refractivity contribution in [3.05, 3.63) is 57.8 Å². The number of imide groups is 2. The van der Waals surface area contributed by atoms with Gasteiger partial charge in [0.1, 0.15) is 6.54 Å². The van der Waals surface area contributed by atoms with E-state index in [0.29, 0.717) is 6.42 Å². The molecule has 0 bridgehead atoms. The molecule has 1 aromatic heterocycles. The summed E-state index contributed by atoms with van der Waals surface area (Å²) in [7, 11) is 0. The molecule has 1 aromatic carbocycles. The fourth-order valence-corrected chi connectivity index (χ4v) is 4.55. The van der Waals surface area contributed by atoms with Crippen LogP contribution in [0.5, 0.6) is 0 Å². The predicted molar refractivity (Wildman–Crippen MR) is 107 cm³/mol. The van der Waals surface area contributed by atoms with Crippen LogP contribution in [0.1, 0.15) is 34.9 Å². The highest BCUT2D eigenvalue weighted by Crippen LogP contribution is 2.29. The molecule has 1 aliphatic carbocycles. The molecule has 7 nitrogen and oxygen atoms in total. The third kappa shape index (κ3) is 3.93. The van der Waals surface area contributed by atoms with Crippen molar-refractivity contribution in [1.82, 2.24) is 15.1 Å². The number of aryl methyl sites for hydroxylation is 1. The molecule has 0 saturated carbocycles. The summed E-state index contributed by atoms with van der Waals surface area (Å²) in [5.41, 5.74) is 2.27. The molecule has 1 aliphatic heterocycles. The van der Waals surface area contributed by atoms with Crippen LogP contribution in [0, 0.1) is 0 Å². The van der Waals surface area contributed by atoms with E-state index in [1.807, 2.05) is 41.8 Å². The van der Waals surface area contributed by atoms with Crippen LogP contribution < -0.4 is 5.32 Å². The van der Waals surface area contributed by atoms with Gasteiger partial charge in [0.2, 0.25) is 5.91 Å². The minimum Gasteiger partial charge on any atom is -0.348 e. The van der Waals surface area contributed by atoms with Crippen molar-refractivity contribution in [3.63, 3.8) is 0 Å². The molecule has 2 aliphatic rings. The van der Waals surface area contributed by atoms with E-state index in [2.05, 4.69) is 5.32 Å². The Balaban J connectivity index is 1.38. The number of fused-ring (bicyclic) bond motifs is 1. The molecule has 4 rings (SSSR count). The number of hydrogen-bond acceptors (Lipinski definition) is 5. The first-order chi connectivity index (χ1) is 14.0. The van der Waals surface area contributed by atoms with Gasteiger partial charge >= 0.3 is 17.8 Å². The third-order valence-electron chi connectivity index (χ3n) is 5.30. The summed E-state index contributed by atoms with van der Waals surface area (Å²) in [4.78, 5) is 52.2. The third-order valence-corrected chi connectivity index (χ3v) is 6.24. The molecule has 150 valence electrons. The molecule has 1 saturated heterocycles. The van der Waals surface area contributed by atoms with Crippen LogP contribution in [0.25, 0.3) is 0 Å². The average Bonchev–Trinajstić information content (AvgIpc) is 3.31. The monoisotopic (exact) mass is 411 g/mol. The summed E-state index contributed by atoms with van der Waals surface area (Å²) in [6, 6.07) is 10.9. The normalized spacial score (nSPS) is 18.9. The number of amides is 5. The Hall–Kier alpha value is -3.00. The first kappa shape index (κ1) is 19.3. The largest absolute Gasteiger partial charge is 0.348 e. The smallest absolute Gasteiger partial charge is 0.334 e. The maximum Gasteiger partial charge on any atom is 0.334 e. The molecule has 1 fully saturated rings. The van der Waals surface area contributed by atoms with Crippen molar-refractivity contribution in [1.29, 1.82) is 0 Å². The van der Waals surface area contributed by atoms with Crippen molar-refractivity contribution >= 4 is 35.1 Å². The molecule has 1 atom stereocenters. The Kier molecular flexibility index (Phi) is 5.44. The number of carbonyl (C=O) groups excluding carboxylic acids is 4. The Bertz CT molecular complexity index is 957. The Morgan fingerprint density at radius 2 is 1.86 bits per heavy atom. The number of urea groups is 1. The van der Waals surface area contributed by atoms with Gasteiger partial charge in [0, 0.05) is 17.8 Å². The molecule has 2 heterocycles. The molecular formula is C21H21N3O4S. The maximum absolute atomic E-state index is 12.5. The zero-order valence-corrected chi connectivity index (χ0v) is 16.6. The Morgan fingerprint density at radius 1 is 1.07 bits per heavy atom. The van der Waals surface area contributed by atoms with E-state index < -0.39 is 30.3 Å². The van der Waals surface area contributed by atoms with Crippen molar-refractivity contribution < 1.29 is 19.2 Å². The van der Waals surface area contributed by atoms with E-state index in [4.69, 9.17) is 0 Å². The van der Waals surface area contributed by atoms with Gasteiger partial charge in [-0.05, 0) is 41.8 Å². The highest BCUT2D eigenvalue weighted by atomic mass is 32.1. The highest BCUT2D eigenvalue weighted by Gasteiger charge is 2.45. The second-order valence-electron chi connectivity index (χ2n) is 7.17. The van der Waals surface area contributed by atoms with Crippen LogP contribution in [-0.2, 0) is 27.2 Å². The number of thiophene rings is 1. The van der Waals surface area contributed by atoms with E-state index in [-0.39, 0.29) is 12.6 Å². The second kappa shape index (κ2) is 8.16. The maximum atomic E-state index is 12.5. The SMILES string of the molecule is O=C(CN1C(=O)C(=O)N(CCc2cccs2)C1=O)N[C@@H]1CCCc2ccccc21. The van der Waals surface area contributed by atoms with Crippen LogP contribution >= 0.6 is 11.3 Å². The van der Waals surface area contributed by atoms with Crippen LogP contribution in [0.3, 0.4) is 0 Å². The summed E-state index contributed by atoms with van der Waals surface area (Å²) in [5.74, 6) is -2.26. The number of benzene rings is 1. The lowest BCUT2D eigenvalue weighted by Crippen LogP contribution is -2.43. The van der Waals surface area contributed by atoms with E-state index in [0.717, 1.165) is 39.5 Å². The van der Waals surface area contributed by atoms with Crippen LogP contribution in [-0.4, -0.2) is 46.6 Å². The number of nitrogens with one attached hydrogen (secondary N) is 1. The van der Waals surface area contributed by atoms with Gasteiger partial charge in [0.15, 0.2) is 0 Å². The van der Waals surface area contributed by atoms with E-state index in [1.54, 1.807) is 0 Å². The van der Waals surface area contributed by atoms with Gasteiger partial charge in [-0.1, -0.05) is 30.3 Å².